The molecule has 25 heavy (non-hydrogen) atoms. The van der Waals surface area contributed by atoms with Gasteiger partial charge in [-0.05, 0) is 36.6 Å². The van der Waals surface area contributed by atoms with Crippen molar-refractivity contribution in [1.82, 2.24) is 14.9 Å². The largest absolute Gasteiger partial charge is 0.399 e. The second-order valence-corrected chi connectivity index (χ2v) is 6.68. The molecule has 0 bridgehead atoms. The van der Waals surface area contributed by atoms with Crippen LogP contribution in [0.4, 0.5) is 11.5 Å². The molecule has 0 amide bonds. The Labute approximate surface area is 147 Å². The Morgan fingerprint density at radius 1 is 1.04 bits per heavy atom. The Kier molecular flexibility index (Phi) is 4.48. The summed E-state index contributed by atoms with van der Waals surface area (Å²) in [6.45, 7) is 3.23. The summed E-state index contributed by atoms with van der Waals surface area (Å²) in [5.41, 5.74) is 8.85. The molecule has 5 heteroatoms. The number of hydrogen-bond donors (Lipinski definition) is 2. The average molecular weight is 333 g/mol. The minimum Gasteiger partial charge on any atom is -0.399 e. The lowest BCUT2D eigenvalue weighted by Gasteiger charge is -2.32. The third-order valence-corrected chi connectivity index (χ3v) is 4.84. The molecule has 2 aromatic carbocycles. The topological polar surface area (TPSA) is 67.1 Å². The molecule has 1 aliphatic rings. The molecule has 0 saturated carbocycles. The number of hydrogen-bond acceptors (Lipinski definition) is 5. The maximum Gasteiger partial charge on any atom is 0.137 e. The lowest BCUT2D eigenvalue weighted by molar-refractivity contribution is 0.211. The van der Waals surface area contributed by atoms with Crippen molar-refractivity contribution in [2.75, 3.05) is 24.1 Å². The van der Waals surface area contributed by atoms with Crippen molar-refractivity contribution >= 4 is 22.4 Å². The van der Waals surface area contributed by atoms with Gasteiger partial charge in [0.1, 0.15) is 12.1 Å². The van der Waals surface area contributed by atoms with E-state index in [2.05, 4.69) is 50.5 Å². The van der Waals surface area contributed by atoms with Gasteiger partial charge in [0.2, 0.25) is 0 Å². The molecule has 0 unspecified atom stereocenters. The van der Waals surface area contributed by atoms with E-state index in [-0.39, 0.29) is 0 Å². The van der Waals surface area contributed by atoms with Gasteiger partial charge in [-0.1, -0.05) is 30.3 Å². The summed E-state index contributed by atoms with van der Waals surface area (Å²) >= 11 is 0. The van der Waals surface area contributed by atoms with Crippen LogP contribution in [0.3, 0.4) is 0 Å². The highest BCUT2D eigenvalue weighted by Gasteiger charge is 2.20. The van der Waals surface area contributed by atoms with Crippen LogP contribution in [0.15, 0.2) is 54.9 Å². The second-order valence-electron chi connectivity index (χ2n) is 6.68. The van der Waals surface area contributed by atoms with Gasteiger partial charge in [0.25, 0.3) is 0 Å². The molecule has 1 saturated heterocycles. The Morgan fingerprint density at radius 3 is 2.64 bits per heavy atom. The van der Waals surface area contributed by atoms with Gasteiger partial charge >= 0.3 is 0 Å². The fourth-order valence-electron chi connectivity index (χ4n) is 3.46. The van der Waals surface area contributed by atoms with Gasteiger partial charge in [0, 0.05) is 36.7 Å². The van der Waals surface area contributed by atoms with Crippen molar-refractivity contribution in [3.05, 3.63) is 60.4 Å². The molecular formula is C20H23N5. The second kappa shape index (κ2) is 7.07. The highest BCUT2D eigenvalue weighted by Crippen LogP contribution is 2.24. The molecule has 2 heterocycles. The van der Waals surface area contributed by atoms with Gasteiger partial charge in [-0.3, -0.25) is 4.90 Å². The first-order chi connectivity index (χ1) is 12.3. The van der Waals surface area contributed by atoms with Gasteiger partial charge < -0.3 is 11.1 Å². The molecule has 5 nitrogen and oxygen atoms in total. The molecule has 128 valence electrons. The fraction of sp³-hybridized carbons (Fsp3) is 0.300. The van der Waals surface area contributed by atoms with Crippen molar-refractivity contribution in [3.63, 3.8) is 0 Å². The van der Waals surface area contributed by atoms with E-state index in [1.165, 1.54) is 5.56 Å². The minimum atomic E-state index is 0.447. The van der Waals surface area contributed by atoms with Gasteiger partial charge in [-0.25, -0.2) is 9.97 Å². The molecule has 4 rings (SSSR count). The zero-order chi connectivity index (χ0) is 17.1. The summed E-state index contributed by atoms with van der Waals surface area (Å²) < 4.78 is 0. The van der Waals surface area contributed by atoms with Crippen LogP contribution in [0.25, 0.3) is 10.9 Å². The van der Waals surface area contributed by atoms with E-state index in [1.54, 1.807) is 6.33 Å². The zero-order valence-corrected chi connectivity index (χ0v) is 14.2. The first-order valence-corrected chi connectivity index (χ1v) is 8.81. The minimum absolute atomic E-state index is 0.447. The number of aromatic nitrogens is 2. The number of nitrogens with two attached hydrogens (primary N) is 1. The van der Waals surface area contributed by atoms with Crippen LogP contribution in [0.2, 0.25) is 0 Å². The van der Waals surface area contributed by atoms with Crippen LogP contribution in [-0.2, 0) is 6.54 Å². The standard InChI is InChI=1S/C20H23N5/c21-16-6-7-18-19(12-16)22-14-23-20(18)24-17-8-10-25(11-9-17)13-15-4-2-1-3-5-15/h1-7,12,14,17H,8-11,13,21H2,(H,22,23,24). The summed E-state index contributed by atoms with van der Waals surface area (Å²) in [4.78, 5) is 11.3. The third-order valence-electron chi connectivity index (χ3n) is 4.84. The van der Waals surface area contributed by atoms with Crippen LogP contribution in [0.5, 0.6) is 0 Å². The number of piperidine rings is 1. The summed E-state index contributed by atoms with van der Waals surface area (Å²) in [7, 11) is 0. The van der Waals surface area contributed by atoms with E-state index >= 15 is 0 Å². The summed E-state index contributed by atoms with van der Waals surface area (Å²) in [5, 5.41) is 4.64. The van der Waals surface area contributed by atoms with Gasteiger partial charge in [0.05, 0.1) is 5.52 Å². The fourth-order valence-corrected chi connectivity index (χ4v) is 3.46. The van der Waals surface area contributed by atoms with Gasteiger partial charge in [-0.15, -0.1) is 0 Å². The van der Waals surface area contributed by atoms with E-state index in [1.807, 2.05) is 18.2 Å². The third kappa shape index (κ3) is 3.72. The number of fused-ring (bicyclic) bond motifs is 1. The quantitative estimate of drug-likeness (QED) is 0.717. The maximum absolute atomic E-state index is 5.85. The van der Waals surface area contributed by atoms with Gasteiger partial charge in [0.15, 0.2) is 0 Å². The van der Waals surface area contributed by atoms with E-state index in [4.69, 9.17) is 5.73 Å². The van der Waals surface area contributed by atoms with E-state index in [0.717, 1.165) is 54.9 Å². The van der Waals surface area contributed by atoms with Crippen LogP contribution < -0.4 is 11.1 Å². The molecule has 3 aromatic rings. The number of likely N-dealkylation sites (tertiary alicyclic amines) is 1. The molecule has 1 aliphatic heterocycles. The van der Waals surface area contributed by atoms with Crippen LogP contribution >= 0.6 is 0 Å². The number of nitrogen functional groups attached to an aromatic ring is 1. The Balaban J connectivity index is 1.39. The van der Waals surface area contributed by atoms with Crippen molar-refractivity contribution in [2.45, 2.75) is 25.4 Å². The first-order valence-electron chi connectivity index (χ1n) is 8.81. The Bertz CT molecular complexity index is 841. The molecule has 0 radical (unpaired) electrons. The summed E-state index contributed by atoms with van der Waals surface area (Å²) in [5.74, 6) is 0.909. The van der Waals surface area contributed by atoms with Crippen LogP contribution in [0.1, 0.15) is 18.4 Å². The summed E-state index contributed by atoms with van der Waals surface area (Å²) in [6.07, 6.45) is 3.84. The van der Waals surface area contributed by atoms with Crippen molar-refractivity contribution < 1.29 is 0 Å². The maximum atomic E-state index is 5.85. The molecule has 0 aliphatic carbocycles. The molecular weight excluding hydrogens is 310 g/mol. The number of benzene rings is 2. The molecule has 1 fully saturated rings. The predicted molar refractivity (Wildman–Crippen MR) is 102 cm³/mol. The normalized spacial score (nSPS) is 16.2. The molecule has 1 aromatic heterocycles. The van der Waals surface area contributed by atoms with Crippen LogP contribution in [-0.4, -0.2) is 34.0 Å². The highest BCUT2D eigenvalue weighted by molar-refractivity contribution is 5.90. The average Bonchev–Trinajstić information content (AvgIpc) is 2.64. The lowest BCUT2D eigenvalue weighted by atomic mass is 10.0. The Hall–Kier alpha value is -2.66. The van der Waals surface area contributed by atoms with Crippen molar-refractivity contribution in [2.24, 2.45) is 0 Å². The number of anilines is 2. The highest BCUT2D eigenvalue weighted by atomic mass is 15.1. The van der Waals surface area contributed by atoms with E-state index in [9.17, 15) is 0 Å². The van der Waals surface area contributed by atoms with Gasteiger partial charge in [-0.2, -0.15) is 0 Å². The predicted octanol–water partition coefficient (Wildman–Crippen LogP) is 3.29. The molecule has 0 spiro atoms. The number of rotatable bonds is 4. The van der Waals surface area contributed by atoms with Crippen molar-refractivity contribution in [3.8, 4) is 0 Å². The molecule has 3 N–H and O–H groups in total. The Morgan fingerprint density at radius 2 is 1.84 bits per heavy atom. The van der Waals surface area contributed by atoms with Crippen molar-refractivity contribution in [1.29, 1.82) is 0 Å². The molecule has 0 atom stereocenters. The lowest BCUT2D eigenvalue weighted by Crippen LogP contribution is -2.38. The zero-order valence-electron chi connectivity index (χ0n) is 14.2. The van der Waals surface area contributed by atoms with Crippen LogP contribution in [0, 0.1) is 0 Å². The number of nitrogens with one attached hydrogen (secondary N) is 1. The summed E-state index contributed by atoms with van der Waals surface area (Å²) in [6, 6.07) is 16.9. The van der Waals surface area contributed by atoms with E-state index in [0.29, 0.717) is 6.04 Å². The first kappa shape index (κ1) is 15.8. The number of nitrogens with zero attached hydrogens (tertiary/aromatic N) is 3. The smallest absolute Gasteiger partial charge is 0.137 e. The monoisotopic (exact) mass is 333 g/mol. The van der Waals surface area contributed by atoms with E-state index < -0.39 is 0 Å². The SMILES string of the molecule is Nc1ccc2c(NC3CCN(Cc4ccccc4)CC3)ncnc2c1.